The lowest BCUT2D eigenvalue weighted by Gasteiger charge is -2.35. The molecule has 2 aliphatic rings. The van der Waals surface area contributed by atoms with E-state index in [9.17, 15) is 4.21 Å². The van der Waals surface area contributed by atoms with Gasteiger partial charge in [-0.2, -0.15) is 4.98 Å². The lowest BCUT2D eigenvalue weighted by atomic mass is 9.73. The first-order valence-electron chi connectivity index (χ1n) is 12.2. The van der Waals surface area contributed by atoms with Gasteiger partial charge < -0.3 is 14.6 Å². The van der Waals surface area contributed by atoms with Crippen molar-refractivity contribution in [3.05, 3.63) is 82.8 Å². The van der Waals surface area contributed by atoms with Crippen LogP contribution in [0.1, 0.15) is 59.3 Å². The normalized spacial score (nSPS) is 22.8. The molecule has 35 heavy (non-hydrogen) atoms. The van der Waals surface area contributed by atoms with Gasteiger partial charge in [0.1, 0.15) is 16.8 Å². The molecule has 0 radical (unpaired) electrons. The molecule has 9 heteroatoms. The van der Waals surface area contributed by atoms with E-state index >= 15 is 4.39 Å². The third-order valence-corrected chi connectivity index (χ3v) is 8.88. The summed E-state index contributed by atoms with van der Waals surface area (Å²) in [6.45, 7) is 2.58. The molecule has 0 spiro atoms. The van der Waals surface area contributed by atoms with E-state index in [1.807, 2.05) is 53.8 Å². The Labute approximate surface area is 207 Å². The van der Waals surface area contributed by atoms with Crippen molar-refractivity contribution < 1.29 is 17.9 Å². The van der Waals surface area contributed by atoms with Gasteiger partial charge in [0.15, 0.2) is 5.82 Å². The number of nitrogens with zero attached hydrogens (tertiary/aromatic N) is 3. The number of nitrogens with one attached hydrogen (secondary N) is 1. The van der Waals surface area contributed by atoms with Crippen molar-refractivity contribution in [2.45, 2.75) is 49.4 Å². The van der Waals surface area contributed by atoms with Gasteiger partial charge >= 0.3 is 0 Å². The number of hydrogen-bond acceptors (Lipinski definition) is 6. The smallest absolute Gasteiger partial charge is 0.240 e. The lowest BCUT2D eigenvalue weighted by Crippen LogP contribution is -2.37. The maximum absolute atomic E-state index is 15.5. The molecule has 1 N–H and O–H groups in total. The maximum Gasteiger partial charge on any atom is 0.240 e. The molecule has 7 nitrogen and oxygen atoms in total. The van der Waals surface area contributed by atoms with E-state index in [4.69, 9.17) is 9.26 Å². The van der Waals surface area contributed by atoms with Crippen molar-refractivity contribution in [1.82, 2.24) is 19.8 Å². The standard InChI is InChI=1S/C26H31FN4O3S/c1-28-17-24-29-25(30-34-24)26(11-14-33-15-12-26)21-10-9-20(22(27)16-21)18-31-13-5-8-23(35(31)32)19-6-3-2-4-7-19/h2-4,6-7,9-10,16,23,28H,5,8,11-15,17-18H2,1H3/t23-,35?/m1/s1. The van der Waals surface area contributed by atoms with Crippen LogP contribution < -0.4 is 5.32 Å². The molecule has 2 atom stereocenters. The van der Waals surface area contributed by atoms with E-state index in [0.29, 0.717) is 63.0 Å². The molecule has 3 aromatic rings. The number of aromatic nitrogens is 2. The van der Waals surface area contributed by atoms with Gasteiger partial charge in [-0.3, -0.25) is 0 Å². The van der Waals surface area contributed by atoms with Crippen LogP contribution in [0.25, 0.3) is 0 Å². The zero-order valence-electron chi connectivity index (χ0n) is 19.9. The van der Waals surface area contributed by atoms with Crippen LogP contribution in [0.5, 0.6) is 0 Å². The van der Waals surface area contributed by atoms with Crippen molar-refractivity contribution >= 4 is 11.0 Å². The van der Waals surface area contributed by atoms with E-state index in [0.717, 1.165) is 24.0 Å². The van der Waals surface area contributed by atoms with Gasteiger partial charge in [-0.15, -0.1) is 0 Å². The highest BCUT2D eigenvalue weighted by Gasteiger charge is 2.41. The number of benzene rings is 2. The van der Waals surface area contributed by atoms with Crippen molar-refractivity contribution in [2.24, 2.45) is 0 Å². The van der Waals surface area contributed by atoms with E-state index in [1.54, 1.807) is 6.07 Å². The molecule has 0 aliphatic carbocycles. The zero-order valence-corrected chi connectivity index (χ0v) is 20.7. The second-order valence-electron chi connectivity index (χ2n) is 9.22. The van der Waals surface area contributed by atoms with Crippen molar-refractivity contribution in [3.63, 3.8) is 0 Å². The molecule has 0 bridgehead atoms. The Kier molecular flexibility index (Phi) is 7.38. The zero-order chi connectivity index (χ0) is 24.3. The van der Waals surface area contributed by atoms with Crippen LogP contribution in [0, 0.1) is 5.82 Å². The van der Waals surface area contributed by atoms with Crippen molar-refractivity contribution in [2.75, 3.05) is 26.8 Å². The second-order valence-corrected chi connectivity index (χ2v) is 10.9. The predicted octanol–water partition coefficient (Wildman–Crippen LogP) is 4.03. The molecule has 1 aromatic heterocycles. The molecule has 5 rings (SSSR count). The van der Waals surface area contributed by atoms with Crippen LogP contribution in [0.2, 0.25) is 0 Å². The summed E-state index contributed by atoms with van der Waals surface area (Å²) >= 11 is 0. The first kappa shape index (κ1) is 24.2. The van der Waals surface area contributed by atoms with E-state index in [-0.39, 0.29) is 11.1 Å². The fourth-order valence-electron chi connectivity index (χ4n) is 5.11. The molecule has 0 amide bonds. The quantitative estimate of drug-likeness (QED) is 0.530. The Bertz CT molecular complexity index is 1170. The average Bonchev–Trinajstić information content (AvgIpc) is 3.37. The van der Waals surface area contributed by atoms with Gasteiger partial charge in [0, 0.05) is 31.9 Å². The Hall–Kier alpha value is -2.46. The van der Waals surface area contributed by atoms with Crippen LogP contribution in [0.3, 0.4) is 0 Å². The minimum absolute atomic E-state index is 0.0529. The summed E-state index contributed by atoms with van der Waals surface area (Å²) in [7, 11) is 0.608. The highest BCUT2D eigenvalue weighted by Crippen LogP contribution is 2.40. The molecule has 2 saturated heterocycles. The van der Waals surface area contributed by atoms with Crippen molar-refractivity contribution in [3.8, 4) is 0 Å². The highest BCUT2D eigenvalue weighted by atomic mass is 32.2. The van der Waals surface area contributed by atoms with Gasteiger partial charge in [0.25, 0.3) is 0 Å². The first-order valence-corrected chi connectivity index (χ1v) is 13.3. The van der Waals surface area contributed by atoms with Gasteiger partial charge in [0.2, 0.25) is 5.89 Å². The van der Waals surface area contributed by atoms with Gasteiger partial charge in [-0.05, 0) is 49.9 Å². The molecule has 186 valence electrons. The summed E-state index contributed by atoms with van der Waals surface area (Å²) in [5.41, 5.74) is 1.88. The monoisotopic (exact) mass is 498 g/mol. The van der Waals surface area contributed by atoms with Gasteiger partial charge in [-0.25, -0.2) is 12.9 Å². The maximum atomic E-state index is 15.5. The molecule has 2 aliphatic heterocycles. The number of halogens is 1. The van der Waals surface area contributed by atoms with Gasteiger partial charge in [0.05, 0.1) is 17.2 Å². The second kappa shape index (κ2) is 10.7. The van der Waals surface area contributed by atoms with Crippen molar-refractivity contribution in [1.29, 1.82) is 0 Å². The molecular weight excluding hydrogens is 467 g/mol. The van der Waals surface area contributed by atoms with E-state index < -0.39 is 16.4 Å². The Morgan fingerprint density at radius 3 is 2.74 bits per heavy atom. The van der Waals surface area contributed by atoms with E-state index in [1.165, 1.54) is 0 Å². The van der Waals surface area contributed by atoms with Crippen LogP contribution in [0.4, 0.5) is 4.39 Å². The summed E-state index contributed by atoms with van der Waals surface area (Å²) in [5, 5.41) is 7.21. The summed E-state index contributed by atoms with van der Waals surface area (Å²) in [6, 6.07) is 15.3. The van der Waals surface area contributed by atoms with Crippen LogP contribution in [-0.2, 0) is 34.2 Å². The van der Waals surface area contributed by atoms with Gasteiger partial charge in [-0.1, -0.05) is 47.6 Å². The fraction of sp³-hybridized carbons (Fsp3) is 0.462. The number of rotatable bonds is 7. The number of hydrogen-bond donors (Lipinski definition) is 1. The van der Waals surface area contributed by atoms with Crippen LogP contribution in [0.15, 0.2) is 53.1 Å². The largest absolute Gasteiger partial charge is 0.381 e. The highest BCUT2D eigenvalue weighted by molar-refractivity contribution is 7.82. The molecule has 2 aromatic carbocycles. The molecule has 1 unspecified atom stereocenters. The topological polar surface area (TPSA) is 80.5 Å². The first-order chi connectivity index (χ1) is 17.1. The summed E-state index contributed by atoms with van der Waals surface area (Å²) < 4.78 is 41.7. The Morgan fingerprint density at radius 1 is 1.20 bits per heavy atom. The fourth-order valence-corrected chi connectivity index (χ4v) is 6.81. The van der Waals surface area contributed by atoms with E-state index in [2.05, 4.69) is 15.5 Å². The Morgan fingerprint density at radius 2 is 2.00 bits per heavy atom. The number of ether oxygens (including phenoxy) is 1. The van der Waals surface area contributed by atoms with Crippen LogP contribution in [-0.4, -0.2) is 45.5 Å². The summed E-state index contributed by atoms with van der Waals surface area (Å²) in [5.74, 6) is 0.776. The van der Waals surface area contributed by atoms with Crippen LogP contribution >= 0.6 is 0 Å². The lowest BCUT2D eigenvalue weighted by molar-refractivity contribution is 0.0596. The SMILES string of the molecule is CNCc1nc(C2(c3ccc(CN4CCC[C@H](c5ccccc5)S4=O)c(F)c3)CCOCC2)no1. The Balaban J connectivity index is 1.38. The summed E-state index contributed by atoms with van der Waals surface area (Å²) in [6.07, 6.45) is 3.11. The molecular formula is C26H31FN4O3S. The molecule has 3 heterocycles. The minimum atomic E-state index is -1.21. The minimum Gasteiger partial charge on any atom is -0.381 e. The molecule has 2 fully saturated rings. The third-order valence-electron chi connectivity index (χ3n) is 7.07. The summed E-state index contributed by atoms with van der Waals surface area (Å²) in [4.78, 5) is 4.60. The molecule has 0 saturated carbocycles. The predicted molar refractivity (Wildman–Crippen MR) is 131 cm³/mol. The average molecular weight is 499 g/mol. The third kappa shape index (κ3) is 4.95.